The largest absolute Gasteiger partial charge is 0.294 e. The number of benzene rings is 2. The van der Waals surface area contributed by atoms with Crippen LogP contribution in [0.25, 0.3) is 10.9 Å². The maximum absolute atomic E-state index is 13.6. The number of aromatic nitrogens is 1. The minimum absolute atomic E-state index is 0.134. The van der Waals surface area contributed by atoms with Gasteiger partial charge in [-0.05, 0) is 69.2 Å². The predicted molar refractivity (Wildman–Crippen MR) is 107 cm³/mol. The highest BCUT2D eigenvalue weighted by Gasteiger charge is 2.28. The number of hydrogen-bond donors (Lipinski definition) is 0. The van der Waals surface area contributed by atoms with E-state index in [1.54, 1.807) is 0 Å². The van der Waals surface area contributed by atoms with E-state index in [-0.39, 0.29) is 5.78 Å². The van der Waals surface area contributed by atoms with Gasteiger partial charge in [0.1, 0.15) is 0 Å². The summed E-state index contributed by atoms with van der Waals surface area (Å²) in [7, 11) is -3.81. The second kappa shape index (κ2) is 6.06. The lowest BCUT2D eigenvalue weighted by Gasteiger charge is -2.14. The number of carbonyl (C=O) groups excluding carboxylic acids is 1. The number of carbonyl (C=O) groups is 1. The van der Waals surface area contributed by atoms with Crippen molar-refractivity contribution in [1.29, 1.82) is 0 Å². The highest BCUT2D eigenvalue weighted by molar-refractivity contribution is 7.90. The summed E-state index contributed by atoms with van der Waals surface area (Å²) in [5, 5.41) is 0.692. The van der Waals surface area contributed by atoms with Crippen LogP contribution < -0.4 is 0 Å². The second-order valence-electron chi connectivity index (χ2n) is 7.68. The van der Waals surface area contributed by atoms with Crippen LogP contribution in [0.2, 0.25) is 0 Å². The Kier molecular flexibility index (Phi) is 4.04. The molecule has 4 rings (SSSR count). The number of nitrogens with zero attached hydrogens (tertiary/aromatic N) is 1. The molecule has 0 N–H and O–H groups in total. The molecule has 0 unspecified atom stereocenters. The molecule has 4 nitrogen and oxygen atoms in total. The molecular weight excluding hydrogens is 358 g/mol. The zero-order chi connectivity index (χ0) is 19.5. The van der Waals surface area contributed by atoms with Crippen LogP contribution in [0.3, 0.4) is 0 Å². The van der Waals surface area contributed by atoms with E-state index in [1.807, 2.05) is 51.1 Å². The molecule has 2 aromatic carbocycles. The van der Waals surface area contributed by atoms with Crippen molar-refractivity contribution in [3.8, 4) is 0 Å². The van der Waals surface area contributed by atoms with Crippen LogP contribution in [-0.2, 0) is 10.0 Å². The Morgan fingerprint density at radius 3 is 2.22 bits per heavy atom. The molecule has 0 bridgehead atoms. The number of aryl methyl sites for hydroxylation is 3. The molecule has 1 fully saturated rings. The first kappa shape index (κ1) is 18.0. The fraction of sp³-hybridized carbons (Fsp3) is 0.318. The first-order valence-corrected chi connectivity index (χ1v) is 10.6. The van der Waals surface area contributed by atoms with Crippen LogP contribution in [0.15, 0.2) is 41.4 Å². The summed E-state index contributed by atoms with van der Waals surface area (Å²) < 4.78 is 28.5. The Balaban J connectivity index is 2.03. The first-order valence-electron chi connectivity index (χ1n) is 9.19. The first-order chi connectivity index (χ1) is 12.7. The molecule has 1 saturated carbocycles. The van der Waals surface area contributed by atoms with Crippen molar-refractivity contribution < 1.29 is 13.2 Å². The summed E-state index contributed by atoms with van der Waals surface area (Å²) in [5.74, 6) is 0.370. The molecule has 0 spiro atoms. The van der Waals surface area contributed by atoms with E-state index in [4.69, 9.17) is 0 Å². The van der Waals surface area contributed by atoms with Crippen LogP contribution in [-0.4, -0.2) is 18.2 Å². The number of ketones is 1. The normalized spacial score (nSPS) is 14.7. The Morgan fingerprint density at radius 2 is 1.67 bits per heavy atom. The summed E-state index contributed by atoms with van der Waals surface area (Å²) in [4.78, 5) is 12.5. The lowest BCUT2D eigenvalue weighted by atomic mass is 10.1. The fourth-order valence-electron chi connectivity index (χ4n) is 4.04. The molecule has 0 aliphatic heterocycles. The third-order valence-electron chi connectivity index (χ3n) is 5.35. The van der Waals surface area contributed by atoms with Gasteiger partial charge in [-0.25, -0.2) is 12.4 Å². The van der Waals surface area contributed by atoms with Crippen LogP contribution in [0.5, 0.6) is 0 Å². The number of hydrogen-bond acceptors (Lipinski definition) is 3. The van der Waals surface area contributed by atoms with Crippen LogP contribution >= 0.6 is 0 Å². The molecule has 0 amide bonds. The standard InChI is InChI=1S/C22H23NO3S/c1-13-9-14(2)22(15(3)10-13)27(25,26)23-12-20(16(4)24)19-8-7-18(11-21(19)23)17-5-6-17/h7-12,17H,5-6H2,1-4H3. The summed E-state index contributed by atoms with van der Waals surface area (Å²) in [6, 6.07) is 9.61. The van der Waals surface area contributed by atoms with Gasteiger partial charge in [-0.1, -0.05) is 29.8 Å². The van der Waals surface area contributed by atoms with E-state index < -0.39 is 10.0 Å². The fourth-order valence-corrected chi connectivity index (χ4v) is 5.82. The van der Waals surface area contributed by atoms with Gasteiger partial charge in [0.15, 0.2) is 5.78 Å². The zero-order valence-electron chi connectivity index (χ0n) is 16.0. The molecule has 1 heterocycles. The van der Waals surface area contributed by atoms with E-state index in [2.05, 4.69) is 0 Å². The highest BCUT2D eigenvalue weighted by Crippen LogP contribution is 2.41. The average Bonchev–Trinajstić information content (AvgIpc) is 3.32. The zero-order valence-corrected chi connectivity index (χ0v) is 16.9. The summed E-state index contributed by atoms with van der Waals surface area (Å²) in [5.41, 5.74) is 4.64. The van der Waals surface area contributed by atoms with E-state index in [9.17, 15) is 13.2 Å². The van der Waals surface area contributed by atoms with Crippen molar-refractivity contribution in [2.75, 3.05) is 0 Å². The molecule has 3 aromatic rings. The Morgan fingerprint density at radius 1 is 1.04 bits per heavy atom. The Labute approximate surface area is 159 Å². The lowest BCUT2D eigenvalue weighted by molar-refractivity contribution is 0.101. The lowest BCUT2D eigenvalue weighted by Crippen LogP contribution is -2.15. The van der Waals surface area contributed by atoms with E-state index in [0.29, 0.717) is 27.3 Å². The third-order valence-corrected chi connectivity index (χ3v) is 7.33. The van der Waals surface area contributed by atoms with Crippen molar-refractivity contribution >= 4 is 26.7 Å². The SMILES string of the molecule is CC(=O)c1cn(S(=O)(=O)c2c(C)cc(C)cc2C)c2cc(C3CC3)ccc12. The van der Waals surface area contributed by atoms with E-state index in [1.165, 1.54) is 17.1 Å². The summed E-state index contributed by atoms with van der Waals surface area (Å²) in [6.07, 6.45) is 3.75. The van der Waals surface area contributed by atoms with Gasteiger partial charge in [0.2, 0.25) is 0 Å². The number of rotatable bonds is 4. The van der Waals surface area contributed by atoms with Crippen molar-refractivity contribution in [1.82, 2.24) is 3.97 Å². The molecule has 1 aliphatic carbocycles. The molecule has 1 aromatic heterocycles. The topological polar surface area (TPSA) is 56.1 Å². The van der Waals surface area contributed by atoms with Crippen LogP contribution in [0.1, 0.15) is 58.3 Å². The average molecular weight is 381 g/mol. The summed E-state index contributed by atoms with van der Waals surface area (Å²) >= 11 is 0. The minimum atomic E-state index is -3.81. The maximum Gasteiger partial charge on any atom is 0.268 e. The van der Waals surface area contributed by atoms with Gasteiger partial charge in [-0.3, -0.25) is 4.79 Å². The molecule has 27 heavy (non-hydrogen) atoms. The van der Waals surface area contributed by atoms with Crippen LogP contribution in [0, 0.1) is 20.8 Å². The van der Waals surface area contributed by atoms with Gasteiger partial charge in [-0.2, -0.15) is 0 Å². The van der Waals surface area contributed by atoms with Gasteiger partial charge in [0.05, 0.1) is 10.4 Å². The summed E-state index contributed by atoms with van der Waals surface area (Å²) in [6.45, 7) is 7.07. The van der Waals surface area contributed by atoms with Gasteiger partial charge in [0.25, 0.3) is 10.0 Å². The van der Waals surface area contributed by atoms with E-state index in [0.717, 1.165) is 35.1 Å². The highest BCUT2D eigenvalue weighted by atomic mass is 32.2. The van der Waals surface area contributed by atoms with Crippen molar-refractivity contribution in [3.63, 3.8) is 0 Å². The van der Waals surface area contributed by atoms with Crippen LogP contribution in [0.4, 0.5) is 0 Å². The van der Waals surface area contributed by atoms with Crippen molar-refractivity contribution in [2.24, 2.45) is 0 Å². The maximum atomic E-state index is 13.6. The number of Topliss-reactive ketones (excluding diaryl/α,β-unsaturated/α-hetero) is 1. The smallest absolute Gasteiger partial charge is 0.268 e. The van der Waals surface area contributed by atoms with Crippen molar-refractivity contribution in [2.45, 2.75) is 51.3 Å². The van der Waals surface area contributed by atoms with E-state index >= 15 is 0 Å². The second-order valence-corrected chi connectivity index (χ2v) is 9.43. The predicted octanol–water partition coefficient (Wildman–Crippen LogP) is 4.88. The minimum Gasteiger partial charge on any atom is -0.294 e. The molecule has 0 radical (unpaired) electrons. The third kappa shape index (κ3) is 2.90. The molecular formula is C22H23NO3S. The molecule has 140 valence electrons. The Bertz CT molecular complexity index is 1170. The van der Waals surface area contributed by atoms with Gasteiger partial charge in [0, 0.05) is 17.1 Å². The van der Waals surface area contributed by atoms with Crippen molar-refractivity contribution in [3.05, 3.63) is 64.3 Å². The molecule has 0 saturated heterocycles. The molecule has 5 heteroatoms. The monoisotopic (exact) mass is 381 g/mol. The Hall–Kier alpha value is -2.40. The molecule has 0 atom stereocenters. The van der Waals surface area contributed by atoms with Gasteiger partial charge >= 0.3 is 0 Å². The van der Waals surface area contributed by atoms with Gasteiger partial charge in [-0.15, -0.1) is 0 Å². The number of fused-ring (bicyclic) bond motifs is 1. The van der Waals surface area contributed by atoms with Gasteiger partial charge < -0.3 is 0 Å². The quantitative estimate of drug-likeness (QED) is 0.605. The molecule has 1 aliphatic rings.